The maximum atomic E-state index is 13.4. The number of rotatable bonds is 9. The number of methoxy groups -OCH3 is 1. The van der Waals surface area contributed by atoms with Crippen LogP contribution < -0.4 is 20.3 Å². The van der Waals surface area contributed by atoms with E-state index in [1.165, 1.54) is 12.4 Å². The van der Waals surface area contributed by atoms with E-state index in [0.29, 0.717) is 40.7 Å². The first-order valence-electron chi connectivity index (χ1n) is 12.2. The van der Waals surface area contributed by atoms with Gasteiger partial charge in [0.05, 0.1) is 18.9 Å². The number of hydrogen-bond donors (Lipinski definition) is 2. The number of ether oxygens (including phenoxy) is 1. The van der Waals surface area contributed by atoms with Gasteiger partial charge in [-0.15, -0.1) is 0 Å². The van der Waals surface area contributed by atoms with E-state index in [2.05, 4.69) is 35.5 Å². The summed E-state index contributed by atoms with van der Waals surface area (Å²) < 4.78 is 45.0. The van der Waals surface area contributed by atoms with Crippen LogP contribution in [0.1, 0.15) is 21.5 Å². The topological polar surface area (TPSA) is 108 Å². The molecule has 40 heavy (non-hydrogen) atoms. The van der Waals surface area contributed by atoms with Gasteiger partial charge in [0.15, 0.2) is 5.82 Å². The maximum absolute atomic E-state index is 13.4. The van der Waals surface area contributed by atoms with Crippen LogP contribution in [0.3, 0.4) is 0 Å². The average Bonchev–Trinajstić information content (AvgIpc) is 2.92. The van der Waals surface area contributed by atoms with Crippen LogP contribution >= 0.6 is 0 Å². The lowest BCUT2D eigenvalue weighted by Crippen LogP contribution is -2.29. The van der Waals surface area contributed by atoms with Gasteiger partial charge in [-0.2, -0.15) is 13.2 Å². The van der Waals surface area contributed by atoms with E-state index < -0.39 is 17.6 Å². The Morgan fingerprint density at radius 2 is 1.80 bits per heavy atom. The zero-order valence-corrected chi connectivity index (χ0v) is 22.7. The third-order valence-electron chi connectivity index (χ3n) is 6.10. The van der Waals surface area contributed by atoms with Crippen molar-refractivity contribution in [2.24, 2.45) is 0 Å². The zero-order valence-electron chi connectivity index (χ0n) is 22.7. The molecule has 0 radical (unpaired) electrons. The molecule has 0 aliphatic rings. The number of halogens is 3. The Morgan fingerprint density at radius 1 is 1.02 bits per heavy atom. The summed E-state index contributed by atoms with van der Waals surface area (Å²) in [7, 11) is 7.02. The molecule has 0 atom stereocenters. The minimum absolute atomic E-state index is 0.160. The number of likely N-dealkylation sites (N-methyl/N-ethyl adjacent to an activating group) is 2. The van der Waals surface area contributed by atoms with E-state index in [1.807, 2.05) is 33.0 Å². The molecule has 2 aromatic heterocycles. The number of alkyl halides is 3. The number of amides is 1. The fraction of sp³-hybridized carbons (Fsp3) is 0.296. The minimum Gasteiger partial charge on any atom is -0.496 e. The molecule has 4 rings (SSSR count). The molecule has 0 saturated heterocycles. The summed E-state index contributed by atoms with van der Waals surface area (Å²) in [5.41, 5.74) is 1.70. The molecule has 10 nitrogen and oxygen atoms in total. The molecule has 4 aromatic rings. The number of carbonyl (C=O) groups is 1. The Morgan fingerprint density at radius 3 is 2.50 bits per heavy atom. The highest BCUT2D eigenvalue weighted by atomic mass is 19.4. The van der Waals surface area contributed by atoms with Crippen LogP contribution in [0.15, 0.2) is 48.9 Å². The second-order valence-electron chi connectivity index (χ2n) is 9.37. The van der Waals surface area contributed by atoms with Crippen molar-refractivity contribution in [3.05, 3.63) is 65.6 Å². The highest BCUT2D eigenvalue weighted by Crippen LogP contribution is 2.37. The predicted octanol–water partition coefficient (Wildman–Crippen LogP) is 4.75. The molecule has 0 bridgehead atoms. The third kappa shape index (κ3) is 6.54. The van der Waals surface area contributed by atoms with E-state index in [9.17, 15) is 18.0 Å². The fourth-order valence-corrected chi connectivity index (χ4v) is 3.81. The highest BCUT2D eigenvalue weighted by Gasteiger charge is 2.35. The SMILES string of the molecule is COc1ccc(C(=O)Nc2ccc(C)c(Nc3ncnc4cnc(N(C)CCN(C)C)nc34)c2)cc1C(F)(F)F. The molecule has 0 aliphatic heterocycles. The summed E-state index contributed by atoms with van der Waals surface area (Å²) >= 11 is 0. The van der Waals surface area contributed by atoms with Crippen molar-refractivity contribution in [3.8, 4) is 5.75 Å². The Labute approximate surface area is 229 Å². The van der Waals surface area contributed by atoms with Gasteiger partial charge in [-0.3, -0.25) is 4.79 Å². The van der Waals surface area contributed by atoms with E-state index in [-0.39, 0.29) is 11.3 Å². The van der Waals surface area contributed by atoms with Crippen molar-refractivity contribution in [2.75, 3.05) is 56.9 Å². The van der Waals surface area contributed by atoms with Crippen LogP contribution in [-0.2, 0) is 6.18 Å². The molecule has 2 N–H and O–H groups in total. The van der Waals surface area contributed by atoms with Crippen LogP contribution in [0, 0.1) is 6.92 Å². The summed E-state index contributed by atoms with van der Waals surface area (Å²) in [5.74, 6) is -0.110. The number of aryl methyl sites for hydroxylation is 1. The standard InChI is InChI=1S/C27H29F3N8O2/c1-16-6-8-18(34-25(39)17-7-9-22(40-5)19(12-17)27(28,29)30)13-20(16)35-24-23-21(32-15-33-24)14-31-26(36-23)38(4)11-10-37(2)3/h6-9,12-15H,10-11H2,1-5H3,(H,34,39)(H,32,33,35). The number of hydrogen-bond acceptors (Lipinski definition) is 9. The Balaban J connectivity index is 1.59. The largest absolute Gasteiger partial charge is 0.496 e. The van der Waals surface area contributed by atoms with E-state index in [1.54, 1.807) is 24.4 Å². The van der Waals surface area contributed by atoms with Gasteiger partial charge >= 0.3 is 6.18 Å². The van der Waals surface area contributed by atoms with Crippen LogP contribution in [0.2, 0.25) is 0 Å². The fourth-order valence-electron chi connectivity index (χ4n) is 3.81. The lowest BCUT2D eigenvalue weighted by atomic mass is 10.1. The molecule has 0 aliphatic carbocycles. The van der Waals surface area contributed by atoms with Gasteiger partial charge in [0, 0.05) is 37.1 Å². The first kappa shape index (κ1) is 28.5. The molecule has 0 fully saturated rings. The average molecular weight is 555 g/mol. The van der Waals surface area contributed by atoms with Crippen molar-refractivity contribution in [3.63, 3.8) is 0 Å². The van der Waals surface area contributed by atoms with Gasteiger partial charge in [0.2, 0.25) is 5.95 Å². The molecule has 13 heteroatoms. The number of fused-ring (bicyclic) bond motifs is 1. The van der Waals surface area contributed by atoms with E-state index in [0.717, 1.165) is 31.4 Å². The van der Waals surface area contributed by atoms with Crippen molar-refractivity contribution in [1.29, 1.82) is 0 Å². The Hall–Kier alpha value is -4.52. The molecular weight excluding hydrogens is 525 g/mol. The summed E-state index contributed by atoms with van der Waals surface area (Å²) in [5, 5.41) is 5.90. The Kier molecular flexibility index (Phi) is 8.33. The van der Waals surface area contributed by atoms with Crippen LogP contribution in [0.25, 0.3) is 11.0 Å². The number of carbonyl (C=O) groups excluding carboxylic acids is 1. The quantitative estimate of drug-likeness (QED) is 0.303. The zero-order chi connectivity index (χ0) is 29.0. The van der Waals surface area contributed by atoms with Gasteiger partial charge in [-0.05, 0) is 56.9 Å². The molecule has 1 amide bonds. The molecule has 0 spiro atoms. The van der Waals surface area contributed by atoms with Crippen LogP contribution in [0.4, 0.5) is 36.3 Å². The molecule has 0 unspecified atom stereocenters. The summed E-state index contributed by atoms with van der Waals surface area (Å²) in [4.78, 5) is 34.5. The number of nitrogens with zero attached hydrogens (tertiary/aromatic N) is 6. The minimum atomic E-state index is -4.67. The van der Waals surface area contributed by atoms with E-state index >= 15 is 0 Å². The maximum Gasteiger partial charge on any atom is 0.419 e. The molecule has 2 aromatic carbocycles. The van der Waals surface area contributed by atoms with Crippen molar-refractivity contribution in [1.82, 2.24) is 24.8 Å². The van der Waals surface area contributed by atoms with Gasteiger partial charge in [0.1, 0.15) is 23.1 Å². The lowest BCUT2D eigenvalue weighted by molar-refractivity contribution is -0.138. The first-order valence-corrected chi connectivity index (χ1v) is 12.2. The van der Waals surface area contributed by atoms with E-state index in [4.69, 9.17) is 4.74 Å². The van der Waals surface area contributed by atoms with Crippen molar-refractivity contribution < 1.29 is 22.7 Å². The first-order chi connectivity index (χ1) is 19.0. The normalized spacial score (nSPS) is 11.5. The Bertz CT molecular complexity index is 1530. The smallest absolute Gasteiger partial charge is 0.419 e. The number of nitrogens with one attached hydrogen (secondary N) is 2. The lowest BCUT2D eigenvalue weighted by Gasteiger charge is -2.20. The number of benzene rings is 2. The third-order valence-corrected chi connectivity index (χ3v) is 6.10. The summed E-state index contributed by atoms with van der Waals surface area (Å²) in [6, 6.07) is 8.25. The van der Waals surface area contributed by atoms with Crippen molar-refractivity contribution >= 4 is 40.1 Å². The van der Waals surface area contributed by atoms with Gasteiger partial charge in [0.25, 0.3) is 5.91 Å². The second kappa shape index (κ2) is 11.7. The highest BCUT2D eigenvalue weighted by molar-refractivity contribution is 6.05. The molecule has 2 heterocycles. The van der Waals surface area contributed by atoms with Crippen molar-refractivity contribution in [2.45, 2.75) is 13.1 Å². The van der Waals surface area contributed by atoms with Gasteiger partial charge in [-0.1, -0.05) is 6.07 Å². The number of aromatic nitrogens is 4. The monoisotopic (exact) mass is 554 g/mol. The van der Waals surface area contributed by atoms with Gasteiger partial charge in [-0.25, -0.2) is 19.9 Å². The molecule has 210 valence electrons. The molecular formula is C27H29F3N8O2. The number of anilines is 4. The second-order valence-corrected chi connectivity index (χ2v) is 9.37. The van der Waals surface area contributed by atoms with Crippen LogP contribution in [-0.4, -0.2) is 72.1 Å². The van der Waals surface area contributed by atoms with Gasteiger partial charge < -0.3 is 25.2 Å². The summed E-state index contributed by atoms with van der Waals surface area (Å²) in [6.45, 7) is 3.40. The summed E-state index contributed by atoms with van der Waals surface area (Å²) in [6.07, 6.45) is -1.65. The predicted molar refractivity (Wildman–Crippen MR) is 147 cm³/mol. The molecule has 0 saturated carbocycles. The van der Waals surface area contributed by atoms with Crippen LogP contribution in [0.5, 0.6) is 5.75 Å².